The largest absolute Gasteiger partial charge is 0.334 e. The monoisotopic (exact) mass is 394 g/mol. The molecule has 0 saturated carbocycles. The van der Waals surface area contributed by atoms with Gasteiger partial charge in [-0.05, 0) is 42.2 Å². The minimum absolute atomic E-state index is 0.0377. The number of aromatic nitrogens is 2. The van der Waals surface area contributed by atoms with E-state index in [0.29, 0.717) is 18.4 Å². The molecule has 0 fully saturated rings. The van der Waals surface area contributed by atoms with Crippen molar-refractivity contribution < 1.29 is 4.79 Å². The van der Waals surface area contributed by atoms with Crippen molar-refractivity contribution in [3.8, 4) is 0 Å². The molecule has 1 aromatic carbocycles. The third-order valence-corrected chi connectivity index (χ3v) is 5.97. The maximum absolute atomic E-state index is 12.9. The Kier molecular flexibility index (Phi) is 7.50. The first-order valence-electron chi connectivity index (χ1n) is 10.8. The van der Waals surface area contributed by atoms with E-state index in [9.17, 15) is 4.79 Å². The topological polar surface area (TPSA) is 50.2 Å². The Hall–Kier alpha value is -2.56. The molecule has 1 aliphatic rings. The van der Waals surface area contributed by atoms with E-state index in [1.54, 1.807) is 0 Å². The van der Waals surface area contributed by atoms with Gasteiger partial charge in [0.2, 0.25) is 0 Å². The molecule has 29 heavy (non-hydrogen) atoms. The molecule has 3 atom stereocenters. The highest BCUT2D eigenvalue weighted by Crippen LogP contribution is 2.33. The fourth-order valence-electron chi connectivity index (χ4n) is 4.05. The van der Waals surface area contributed by atoms with Crippen LogP contribution in [0.25, 0.3) is 0 Å². The van der Waals surface area contributed by atoms with Crippen molar-refractivity contribution in [2.45, 2.75) is 58.0 Å². The summed E-state index contributed by atoms with van der Waals surface area (Å²) in [4.78, 5) is 15.0. The number of aryl methyl sites for hydroxylation is 1. The highest BCUT2D eigenvalue weighted by Gasteiger charge is 2.27. The van der Waals surface area contributed by atoms with E-state index < -0.39 is 0 Å². The number of allylic oxidation sites excluding steroid dienone is 1. The molecule has 2 unspecified atom stereocenters. The van der Waals surface area contributed by atoms with Gasteiger partial charge < -0.3 is 10.2 Å². The molecule has 5 heteroatoms. The zero-order valence-corrected chi connectivity index (χ0v) is 17.9. The molecule has 1 N–H and O–H groups in total. The fraction of sp³-hybridized carbons (Fsp3) is 0.500. The minimum Gasteiger partial charge on any atom is -0.334 e. The first kappa shape index (κ1) is 21.2. The number of rotatable bonds is 8. The normalized spacial score (nSPS) is 19.7. The number of amides is 2. The van der Waals surface area contributed by atoms with E-state index in [2.05, 4.69) is 42.6 Å². The standard InChI is InChI=1S/C24H34N4O/c1-4-5-15-28(24(29)25-16-20-9-7-6-8-10-20)23-13-11-21(12-14-23)19(2)22-17-26-27(3)18-22/h6-11,13,17-19,21,23H,4-5,12,14-16H2,1-3H3,(H,25,29)/t19-,21?,23?/m0/s1. The van der Waals surface area contributed by atoms with Gasteiger partial charge in [0, 0.05) is 26.3 Å². The average Bonchev–Trinajstić information content (AvgIpc) is 3.19. The Morgan fingerprint density at radius 1 is 1.28 bits per heavy atom. The van der Waals surface area contributed by atoms with Gasteiger partial charge in [0.15, 0.2) is 0 Å². The summed E-state index contributed by atoms with van der Waals surface area (Å²) >= 11 is 0. The van der Waals surface area contributed by atoms with Crippen molar-refractivity contribution in [3.63, 3.8) is 0 Å². The van der Waals surface area contributed by atoms with E-state index in [1.807, 2.05) is 53.2 Å². The van der Waals surface area contributed by atoms with Gasteiger partial charge in [-0.25, -0.2) is 4.79 Å². The van der Waals surface area contributed by atoms with Crippen LogP contribution in [0.1, 0.15) is 56.6 Å². The highest BCUT2D eigenvalue weighted by molar-refractivity contribution is 5.74. The smallest absolute Gasteiger partial charge is 0.318 e. The molecule has 5 nitrogen and oxygen atoms in total. The van der Waals surface area contributed by atoms with E-state index in [1.165, 1.54) is 5.56 Å². The number of carbonyl (C=O) groups excluding carboxylic acids is 1. The molecular formula is C24H34N4O. The van der Waals surface area contributed by atoms with Gasteiger partial charge >= 0.3 is 6.03 Å². The lowest BCUT2D eigenvalue weighted by molar-refractivity contribution is 0.176. The van der Waals surface area contributed by atoms with Gasteiger partial charge in [-0.15, -0.1) is 0 Å². The second kappa shape index (κ2) is 10.3. The Labute approximate surface area is 174 Å². The summed E-state index contributed by atoms with van der Waals surface area (Å²) in [5.74, 6) is 0.938. The molecular weight excluding hydrogens is 360 g/mol. The minimum atomic E-state index is 0.0377. The zero-order valence-electron chi connectivity index (χ0n) is 17.9. The van der Waals surface area contributed by atoms with Gasteiger partial charge in [-0.3, -0.25) is 4.68 Å². The third-order valence-electron chi connectivity index (χ3n) is 5.97. The first-order valence-corrected chi connectivity index (χ1v) is 10.8. The summed E-state index contributed by atoms with van der Waals surface area (Å²) in [5.41, 5.74) is 2.41. The molecule has 156 valence electrons. The first-order chi connectivity index (χ1) is 14.1. The van der Waals surface area contributed by atoms with E-state index in [-0.39, 0.29) is 12.1 Å². The van der Waals surface area contributed by atoms with Crippen molar-refractivity contribution in [1.29, 1.82) is 0 Å². The van der Waals surface area contributed by atoms with Crippen molar-refractivity contribution in [2.75, 3.05) is 6.54 Å². The number of nitrogens with one attached hydrogen (secondary N) is 1. The van der Waals surface area contributed by atoms with Crippen LogP contribution < -0.4 is 5.32 Å². The Bertz CT molecular complexity index is 798. The molecule has 3 rings (SSSR count). The van der Waals surface area contributed by atoms with E-state index in [4.69, 9.17) is 0 Å². The van der Waals surface area contributed by atoms with E-state index >= 15 is 0 Å². The number of hydrogen-bond acceptors (Lipinski definition) is 2. The summed E-state index contributed by atoms with van der Waals surface area (Å²) in [6.45, 7) is 5.81. The molecule has 0 spiro atoms. The second-order valence-corrected chi connectivity index (χ2v) is 8.12. The maximum atomic E-state index is 12.9. The van der Waals surface area contributed by atoms with Crippen LogP contribution in [-0.2, 0) is 13.6 Å². The number of benzene rings is 1. The van der Waals surface area contributed by atoms with Crippen LogP contribution in [0.3, 0.4) is 0 Å². The average molecular weight is 395 g/mol. The van der Waals surface area contributed by atoms with E-state index in [0.717, 1.165) is 37.8 Å². The van der Waals surface area contributed by atoms with Crippen LogP contribution in [0, 0.1) is 5.92 Å². The summed E-state index contributed by atoms with van der Waals surface area (Å²) in [5, 5.41) is 7.42. The molecule has 2 aromatic rings. The Morgan fingerprint density at radius 2 is 2.07 bits per heavy atom. The van der Waals surface area contributed by atoms with Crippen molar-refractivity contribution in [3.05, 3.63) is 66.0 Å². The van der Waals surface area contributed by atoms with Gasteiger partial charge in [0.1, 0.15) is 0 Å². The SMILES string of the molecule is CCCCN(C(=O)NCc1ccccc1)C1C=CC([C@H](C)c2cnn(C)c2)CC1. The third kappa shape index (κ3) is 5.72. The van der Waals surface area contributed by atoms with Gasteiger partial charge in [-0.2, -0.15) is 5.10 Å². The predicted molar refractivity (Wildman–Crippen MR) is 118 cm³/mol. The van der Waals surface area contributed by atoms with Crippen molar-refractivity contribution >= 4 is 6.03 Å². The Balaban J connectivity index is 1.62. The summed E-state index contributed by atoms with van der Waals surface area (Å²) < 4.78 is 1.87. The van der Waals surface area contributed by atoms with Gasteiger partial charge in [0.25, 0.3) is 0 Å². The van der Waals surface area contributed by atoms with Crippen LogP contribution in [0.15, 0.2) is 54.9 Å². The second-order valence-electron chi connectivity index (χ2n) is 8.12. The number of nitrogens with zero attached hydrogens (tertiary/aromatic N) is 3. The van der Waals surface area contributed by atoms with Crippen LogP contribution in [0.5, 0.6) is 0 Å². The predicted octanol–water partition coefficient (Wildman–Crippen LogP) is 4.87. The molecule has 1 aromatic heterocycles. The van der Waals surface area contributed by atoms with Crippen LogP contribution >= 0.6 is 0 Å². The van der Waals surface area contributed by atoms with Crippen LogP contribution in [0.2, 0.25) is 0 Å². The summed E-state index contributed by atoms with van der Waals surface area (Å²) in [6, 6.07) is 10.3. The quantitative estimate of drug-likeness (QED) is 0.649. The highest BCUT2D eigenvalue weighted by atomic mass is 16.2. The molecule has 0 bridgehead atoms. The Morgan fingerprint density at radius 3 is 2.69 bits per heavy atom. The number of hydrogen-bond donors (Lipinski definition) is 1. The lowest BCUT2D eigenvalue weighted by Crippen LogP contribution is -2.46. The molecule has 1 aliphatic carbocycles. The number of urea groups is 1. The molecule has 0 radical (unpaired) electrons. The molecule has 0 aliphatic heterocycles. The lowest BCUT2D eigenvalue weighted by atomic mass is 9.81. The number of unbranched alkanes of at least 4 members (excludes halogenated alkanes) is 1. The molecule has 2 amide bonds. The summed E-state index contributed by atoms with van der Waals surface area (Å²) in [7, 11) is 1.96. The maximum Gasteiger partial charge on any atom is 0.318 e. The lowest BCUT2D eigenvalue weighted by Gasteiger charge is -2.34. The zero-order chi connectivity index (χ0) is 20.6. The van der Waals surface area contributed by atoms with Crippen LogP contribution in [-0.4, -0.2) is 33.3 Å². The van der Waals surface area contributed by atoms with Gasteiger partial charge in [0.05, 0.1) is 12.2 Å². The van der Waals surface area contributed by atoms with Crippen molar-refractivity contribution in [2.24, 2.45) is 13.0 Å². The van der Waals surface area contributed by atoms with Gasteiger partial charge in [-0.1, -0.05) is 62.8 Å². The van der Waals surface area contributed by atoms with Crippen LogP contribution in [0.4, 0.5) is 4.79 Å². The fourth-order valence-corrected chi connectivity index (χ4v) is 4.05. The number of carbonyl (C=O) groups is 1. The molecule has 1 heterocycles. The summed E-state index contributed by atoms with van der Waals surface area (Å²) in [6.07, 6.45) is 12.8. The molecule has 0 saturated heterocycles. The van der Waals surface area contributed by atoms with Crippen molar-refractivity contribution in [1.82, 2.24) is 20.0 Å².